The van der Waals surface area contributed by atoms with E-state index in [4.69, 9.17) is 21.3 Å². The highest BCUT2D eigenvalue weighted by atomic mass is 127. The molecular formula is C22H27ClIN3O2S. The van der Waals surface area contributed by atoms with Crippen molar-refractivity contribution in [2.75, 3.05) is 44.3 Å². The van der Waals surface area contributed by atoms with E-state index in [1.807, 2.05) is 18.2 Å². The van der Waals surface area contributed by atoms with Gasteiger partial charge in [-0.3, -0.25) is 4.90 Å². The van der Waals surface area contributed by atoms with Crippen LogP contribution in [-0.2, 0) is 4.74 Å². The molecule has 1 N–H and O–H groups in total. The van der Waals surface area contributed by atoms with Gasteiger partial charge in [0.05, 0.1) is 26.4 Å². The van der Waals surface area contributed by atoms with Gasteiger partial charge in [0.2, 0.25) is 0 Å². The molecule has 2 aliphatic rings. The predicted octanol–water partition coefficient (Wildman–Crippen LogP) is 5.08. The standard InChI is InChI=1S/C22H27ClIN3O2S/c1-2-15-3-5-18(24)20(11-15)29-10-9-26-7-8-27(13-17(26)14-28)22-25-19-6-4-16(23)12-21(19)30-22/h4-6,11-12,15,17,28H,2-3,7-10,13-14H2,1H3. The Bertz CT molecular complexity index is 948. The molecule has 1 fully saturated rings. The summed E-state index contributed by atoms with van der Waals surface area (Å²) in [5, 5.41) is 11.7. The van der Waals surface area contributed by atoms with Crippen molar-refractivity contribution in [3.8, 4) is 0 Å². The van der Waals surface area contributed by atoms with Gasteiger partial charge in [0.25, 0.3) is 0 Å². The molecule has 2 unspecified atom stereocenters. The van der Waals surface area contributed by atoms with Crippen LogP contribution in [0.15, 0.2) is 39.7 Å². The van der Waals surface area contributed by atoms with E-state index >= 15 is 0 Å². The number of hydrogen-bond acceptors (Lipinski definition) is 6. The highest BCUT2D eigenvalue weighted by molar-refractivity contribution is 14.1. The summed E-state index contributed by atoms with van der Waals surface area (Å²) in [6.07, 6.45) is 6.78. The summed E-state index contributed by atoms with van der Waals surface area (Å²) < 4.78 is 8.42. The Kier molecular flexibility index (Phi) is 7.57. The van der Waals surface area contributed by atoms with Crippen molar-refractivity contribution >= 4 is 60.9 Å². The zero-order chi connectivity index (χ0) is 21.1. The molecule has 0 bridgehead atoms. The third-order valence-corrected chi connectivity index (χ3v) is 8.09. The van der Waals surface area contributed by atoms with Gasteiger partial charge in [-0.25, -0.2) is 4.98 Å². The van der Waals surface area contributed by atoms with E-state index in [0.717, 1.165) is 65.2 Å². The summed E-state index contributed by atoms with van der Waals surface area (Å²) in [5.41, 5.74) is 0.976. The van der Waals surface area contributed by atoms with E-state index in [1.54, 1.807) is 11.3 Å². The first kappa shape index (κ1) is 22.3. The van der Waals surface area contributed by atoms with E-state index in [-0.39, 0.29) is 12.6 Å². The van der Waals surface area contributed by atoms with Gasteiger partial charge >= 0.3 is 0 Å². The SMILES string of the molecule is CCC1C=C(OCCN2CCN(c3nc4ccc(Cl)cc4s3)CC2CO)C(I)=CC1. The topological polar surface area (TPSA) is 48.8 Å². The van der Waals surface area contributed by atoms with Crippen LogP contribution in [0.3, 0.4) is 0 Å². The van der Waals surface area contributed by atoms with Gasteiger partial charge in [0.15, 0.2) is 5.13 Å². The first-order valence-electron chi connectivity index (χ1n) is 10.4. The molecule has 2 atom stereocenters. The third kappa shape index (κ3) is 5.12. The molecular weight excluding hydrogens is 533 g/mol. The van der Waals surface area contributed by atoms with Gasteiger partial charge in [0, 0.05) is 31.2 Å². The Morgan fingerprint density at radius 1 is 1.37 bits per heavy atom. The maximum Gasteiger partial charge on any atom is 0.186 e. The van der Waals surface area contributed by atoms with Gasteiger partial charge in [-0.1, -0.05) is 35.9 Å². The average molecular weight is 560 g/mol. The minimum absolute atomic E-state index is 0.0799. The van der Waals surface area contributed by atoms with Crippen LogP contribution in [0.1, 0.15) is 19.8 Å². The molecule has 0 saturated carbocycles. The summed E-state index contributed by atoms with van der Waals surface area (Å²) in [4.78, 5) is 9.37. The number of benzene rings is 1. The van der Waals surface area contributed by atoms with Crippen molar-refractivity contribution < 1.29 is 9.84 Å². The summed E-state index contributed by atoms with van der Waals surface area (Å²) in [5.74, 6) is 1.59. The van der Waals surface area contributed by atoms with Gasteiger partial charge in [-0.05, 0) is 65.6 Å². The van der Waals surface area contributed by atoms with Gasteiger partial charge in [0.1, 0.15) is 12.4 Å². The number of thiazole rings is 1. The number of aliphatic hydroxyl groups excluding tert-OH is 1. The van der Waals surface area contributed by atoms with Crippen LogP contribution >= 0.6 is 45.5 Å². The summed E-state index contributed by atoms with van der Waals surface area (Å²) in [6, 6.07) is 5.89. The maximum absolute atomic E-state index is 9.99. The number of ether oxygens (including phenoxy) is 1. The van der Waals surface area contributed by atoms with Crippen LogP contribution in [0.25, 0.3) is 10.2 Å². The Balaban J connectivity index is 1.34. The highest BCUT2D eigenvalue weighted by Crippen LogP contribution is 2.32. The second kappa shape index (κ2) is 10.2. The van der Waals surface area contributed by atoms with Crippen LogP contribution in [0.2, 0.25) is 5.02 Å². The second-order valence-corrected chi connectivity index (χ2v) is 10.4. The predicted molar refractivity (Wildman–Crippen MR) is 134 cm³/mol. The molecule has 4 rings (SSSR count). The van der Waals surface area contributed by atoms with Gasteiger partial charge in [-0.2, -0.15) is 0 Å². The van der Waals surface area contributed by atoms with Gasteiger partial charge < -0.3 is 14.7 Å². The van der Waals surface area contributed by atoms with Crippen molar-refractivity contribution in [3.05, 3.63) is 44.7 Å². The van der Waals surface area contributed by atoms with Crippen molar-refractivity contribution in [1.29, 1.82) is 0 Å². The van der Waals surface area contributed by atoms with Crippen LogP contribution < -0.4 is 4.90 Å². The zero-order valence-corrected chi connectivity index (χ0v) is 20.8. The van der Waals surface area contributed by atoms with E-state index in [2.05, 4.69) is 51.5 Å². The molecule has 1 aliphatic carbocycles. The van der Waals surface area contributed by atoms with Gasteiger partial charge in [-0.15, -0.1) is 0 Å². The number of anilines is 1. The Morgan fingerprint density at radius 3 is 3.03 bits per heavy atom. The van der Waals surface area contributed by atoms with Crippen molar-refractivity contribution in [2.45, 2.75) is 25.8 Å². The molecule has 2 heterocycles. The summed E-state index contributed by atoms with van der Waals surface area (Å²) >= 11 is 10.1. The number of piperazine rings is 1. The summed E-state index contributed by atoms with van der Waals surface area (Å²) in [7, 11) is 0. The number of aliphatic hydroxyl groups is 1. The number of allylic oxidation sites excluding steroid dienone is 3. The minimum atomic E-state index is 0.0799. The molecule has 0 amide bonds. The van der Waals surface area contributed by atoms with Crippen molar-refractivity contribution in [3.63, 3.8) is 0 Å². The molecule has 1 aliphatic heterocycles. The second-order valence-electron chi connectivity index (χ2n) is 7.76. The molecule has 1 aromatic heterocycles. The third-order valence-electron chi connectivity index (χ3n) is 5.81. The van der Waals surface area contributed by atoms with Crippen LogP contribution in [0.5, 0.6) is 0 Å². The summed E-state index contributed by atoms with van der Waals surface area (Å²) in [6.45, 7) is 6.34. The molecule has 0 spiro atoms. The monoisotopic (exact) mass is 559 g/mol. The number of hydrogen-bond donors (Lipinski definition) is 1. The number of fused-ring (bicyclic) bond motifs is 1. The molecule has 1 saturated heterocycles. The molecule has 5 nitrogen and oxygen atoms in total. The molecule has 0 radical (unpaired) electrons. The minimum Gasteiger partial charge on any atom is -0.491 e. The smallest absolute Gasteiger partial charge is 0.186 e. The Hall–Kier alpha value is -0.870. The first-order chi connectivity index (χ1) is 14.6. The fourth-order valence-electron chi connectivity index (χ4n) is 3.95. The Labute approximate surface area is 200 Å². The van der Waals surface area contributed by atoms with E-state index in [1.165, 1.54) is 3.58 Å². The quantitative estimate of drug-likeness (QED) is 0.480. The van der Waals surface area contributed by atoms with Crippen molar-refractivity contribution in [1.82, 2.24) is 9.88 Å². The average Bonchev–Trinajstić information content (AvgIpc) is 3.18. The fourth-order valence-corrected chi connectivity index (χ4v) is 5.81. The lowest BCUT2D eigenvalue weighted by atomic mass is 9.97. The van der Waals surface area contributed by atoms with E-state index in [0.29, 0.717) is 12.5 Å². The zero-order valence-electron chi connectivity index (χ0n) is 17.1. The van der Waals surface area contributed by atoms with Crippen LogP contribution in [0.4, 0.5) is 5.13 Å². The lowest BCUT2D eigenvalue weighted by molar-refractivity contribution is 0.0835. The molecule has 162 valence electrons. The normalized spacial score (nSPS) is 22.9. The van der Waals surface area contributed by atoms with E-state index in [9.17, 15) is 5.11 Å². The molecule has 1 aromatic carbocycles. The van der Waals surface area contributed by atoms with Crippen LogP contribution in [0, 0.1) is 5.92 Å². The molecule has 2 aromatic rings. The fraction of sp³-hybridized carbons (Fsp3) is 0.500. The lowest BCUT2D eigenvalue weighted by Gasteiger charge is -2.40. The maximum atomic E-state index is 9.99. The highest BCUT2D eigenvalue weighted by Gasteiger charge is 2.28. The Morgan fingerprint density at radius 2 is 2.23 bits per heavy atom. The lowest BCUT2D eigenvalue weighted by Crippen LogP contribution is -2.55. The number of aromatic nitrogens is 1. The van der Waals surface area contributed by atoms with Crippen LogP contribution in [-0.4, -0.2) is 60.4 Å². The molecule has 8 heteroatoms. The number of halogens is 2. The number of rotatable bonds is 7. The largest absolute Gasteiger partial charge is 0.491 e. The molecule has 30 heavy (non-hydrogen) atoms. The van der Waals surface area contributed by atoms with E-state index < -0.39 is 0 Å². The van der Waals surface area contributed by atoms with Crippen molar-refractivity contribution in [2.24, 2.45) is 5.92 Å². The first-order valence-corrected chi connectivity index (χ1v) is 12.7. The number of nitrogens with zero attached hydrogens (tertiary/aromatic N) is 3.